The molecule has 0 saturated carbocycles. The molecule has 0 spiro atoms. The maximum Gasteiger partial charge on any atom is 0 e. The van der Waals surface area contributed by atoms with Crippen molar-refractivity contribution in [1.82, 2.24) is 4.98 Å². The summed E-state index contributed by atoms with van der Waals surface area (Å²) >= 11 is 0. The van der Waals surface area contributed by atoms with Crippen molar-refractivity contribution in [3.63, 3.8) is 0 Å². The summed E-state index contributed by atoms with van der Waals surface area (Å²) in [4.78, 5) is 4.07. The zero-order valence-corrected chi connectivity index (χ0v) is 8.78. The van der Waals surface area contributed by atoms with E-state index in [0.29, 0.717) is 0 Å². The van der Waals surface area contributed by atoms with Crippen molar-refractivity contribution in [2.45, 2.75) is 13.8 Å². The Labute approximate surface area is 94.4 Å². The molecule has 0 N–H and O–H groups in total. The molecule has 0 saturated heterocycles. The third kappa shape index (κ3) is 2.96. The molecule has 0 fully saturated rings. The molecule has 1 heterocycles. The van der Waals surface area contributed by atoms with Gasteiger partial charge in [-0.3, -0.25) is 4.98 Å². The third-order valence-electron chi connectivity index (χ3n) is 1.25. The Morgan fingerprint density at radius 3 is 2.60 bits per heavy atom. The van der Waals surface area contributed by atoms with Crippen LogP contribution in [0.15, 0.2) is 18.3 Å². The number of hydrogen-bond acceptors (Lipinski definition) is 1. The standard InChI is InChI=1S/C8H10N.Sm/c1-3-8-4-5-9-7(2)6-8;/h3-6H,1-2H3;/q-1;. The second-order valence-corrected chi connectivity index (χ2v) is 2.02. The molecule has 0 atom stereocenters. The van der Waals surface area contributed by atoms with Crippen LogP contribution in [0.25, 0.3) is 0 Å². The Kier molecular flexibility index (Phi) is 5.25. The van der Waals surface area contributed by atoms with Gasteiger partial charge < -0.3 is 0 Å². The van der Waals surface area contributed by atoms with E-state index in [1.54, 1.807) is 0 Å². The van der Waals surface area contributed by atoms with Gasteiger partial charge in [-0.15, -0.1) is 12.1 Å². The molecule has 1 aromatic heterocycles. The van der Waals surface area contributed by atoms with Crippen molar-refractivity contribution >= 4 is 0 Å². The summed E-state index contributed by atoms with van der Waals surface area (Å²) in [6, 6.07) is 4.05. The van der Waals surface area contributed by atoms with E-state index in [1.165, 1.54) is 5.56 Å². The van der Waals surface area contributed by atoms with Gasteiger partial charge in [-0.25, -0.2) is 0 Å². The van der Waals surface area contributed by atoms with Crippen LogP contribution in [-0.4, -0.2) is 4.98 Å². The molecule has 0 aliphatic carbocycles. The Morgan fingerprint density at radius 2 is 2.20 bits per heavy atom. The zero-order valence-electron chi connectivity index (χ0n) is 6.16. The van der Waals surface area contributed by atoms with Crippen molar-refractivity contribution in [3.8, 4) is 0 Å². The summed E-state index contributed by atoms with van der Waals surface area (Å²) in [5.41, 5.74) is 2.31. The second kappa shape index (κ2) is 5.07. The van der Waals surface area contributed by atoms with Crippen molar-refractivity contribution < 1.29 is 40.4 Å². The molecule has 0 aromatic carbocycles. The van der Waals surface area contributed by atoms with Crippen LogP contribution in [-0.2, 0) is 0 Å². The molecule has 0 amide bonds. The van der Waals surface area contributed by atoms with Gasteiger partial charge in [-0.2, -0.15) is 12.0 Å². The summed E-state index contributed by atoms with van der Waals surface area (Å²) in [6.07, 6.45) is 3.89. The maximum absolute atomic E-state index is 4.07. The Balaban J connectivity index is 0.000000810. The minimum atomic E-state index is 0. The van der Waals surface area contributed by atoms with Crippen molar-refractivity contribution in [2.24, 2.45) is 0 Å². The molecule has 1 aromatic rings. The van der Waals surface area contributed by atoms with E-state index in [4.69, 9.17) is 0 Å². The van der Waals surface area contributed by atoms with Crippen LogP contribution in [0.1, 0.15) is 18.2 Å². The number of aromatic nitrogens is 1. The Bertz CT molecular complexity index is 198. The zero-order chi connectivity index (χ0) is 6.69. The smallest absolute Gasteiger partial charge is 0 e. The summed E-state index contributed by atoms with van der Waals surface area (Å²) in [5, 5.41) is 0. The molecule has 2 heteroatoms. The second-order valence-electron chi connectivity index (χ2n) is 2.02. The molecular formula is C8H10NSm-. The number of rotatable bonds is 1. The fourth-order valence-corrected chi connectivity index (χ4v) is 0.747. The number of pyridine rings is 1. The predicted molar refractivity (Wildman–Crippen MR) is 38.1 cm³/mol. The summed E-state index contributed by atoms with van der Waals surface area (Å²) in [7, 11) is 0. The molecule has 0 bridgehead atoms. The van der Waals surface area contributed by atoms with Crippen molar-refractivity contribution in [3.05, 3.63) is 36.0 Å². The average molecular weight is 271 g/mol. The quantitative estimate of drug-likeness (QED) is 0.711. The number of hydrogen-bond donors (Lipinski definition) is 0. The Hall–Kier alpha value is 0.358. The van der Waals surface area contributed by atoms with Gasteiger partial charge in [0.1, 0.15) is 0 Å². The summed E-state index contributed by atoms with van der Waals surface area (Å²) < 4.78 is 0. The molecular weight excluding hydrogens is 260 g/mol. The molecule has 0 radical (unpaired) electrons. The molecule has 0 aliphatic heterocycles. The molecule has 10 heavy (non-hydrogen) atoms. The van der Waals surface area contributed by atoms with Gasteiger partial charge in [0.15, 0.2) is 0 Å². The van der Waals surface area contributed by atoms with E-state index in [-0.39, 0.29) is 40.4 Å². The van der Waals surface area contributed by atoms with E-state index in [9.17, 15) is 0 Å². The Morgan fingerprint density at radius 1 is 1.50 bits per heavy atom. The summed E-state index contributed by atoms with van der Waals surface area (Å²) in [5.74, 6) is 0. The van der Waals surface area contributed by atoms with Gasteiger partial charge in [0, 0.05) is 40.4 Å². The predicted octanol–water partition coefficient (Wildman–Crippen LogP) is 1.96. The monoisotopic (exact) mass is 272 g/mol. The average Bonchev–Trinajstić information content (AvgIpc) is 1.88. The van der Waals surface area contributed by atoms with E-state index in [1.807, 2.05) is 26.1 Å². The molecule has 1 nitrogen and oxygen atoms in total. The van der Waals surface area contributed by atoms with E-state index >= 15 is 0 Å². The fourth-order valence-electron chi connectivity index (χ4n) is 0.747. The first kappa shape index (κ1) is 10.4. The van der Waals surface area contributed by atoms with Gasteiger partial charge in [-0.1, -0.05) is 6.92 Å². The van der Waals surface area contributed by atoms with E-state index in [2.05, 4.69) is 17.5 Å². The molecule has 0 aliphatic rings. The van der Waals surface area contributed by atoms with Gasteiger partial charge in [0.2, 0.25) is 0 Å². The molecule has 54 valence electrons. The van der Waals surface area contributed by atoms with Crippen LogP contribution in [0.5, 0.6) is 0 Å². The van der Waals surface area contributed by atoms with Crippen LogP contribution in [0.3, 0.4) is 0 Å². The minimum absolute atomic E-state index is 0. The van der Waals surface area contributed by atoms with Crippen LogP contribution in [0.2, 0.25) is 0 Å². The van der Waals surface area contributed by atoms with Crippen LogP contribution in [0.4, 0.5) is 0 Å². The van der Waals surface area contributed by atoms with Gasteiger partial charge in [0.25, 0.3) is 0 Å². The maximum atomic E-state index is 4.07. The van der Waals surface area contributed by atoms with Gasteiger partial charge in [0.05, 0.1) is 0 Å². The molecule has 0 unspecified atom stereocenters. The van der Waals surface area contributed by atoms with Crippen LogP contribution >= 0.6 is 0 Å². The third-order valence-corrected chi connectivity index (χ3v) is 1.25. The first-order valence-electron chi connectivity index (χ1n) is 3.05. The number of aryl methyl sites for hydroxylation is 1. The van der Waals surface area contributed by atoms with Gasteiger partial charge >= 0.3 is 0 Å². The minimum Gasteiger partial charge on any atom is -0.288 e. The summed E-state index contributed by atoms with van der Waals surface area (Å²) in [6.45, 7) is 4.02. The van der Waals surface area contributed by atoms with Crippen LogP contribution in [0, 0.1) is 53.7 Å². The first-order valence-corrected chi connectivity index (χ1v) is 3.05. The van der Waals surface area contributed by atoms with Crippen molar-refractivity contribution in [2.75, 3.05) is 0 Å². The normalized spacial score (nSPS) is 8.20. The largest absolute Gasteiger partial charge is 0.288 e. The van der Waals surface area contributed by atoms with Crippen LogP contribution < -0.4 is 0 Å². The first-order chi connectivity index (χ1) is 4.33. The van der Waals surface area contributed by atoms with Gasteiger partial charge in [-0.05, 0) is 18.8 Å². The molecule has 1 rings (SSSR count). The number of nitrogens with zero attached hydrogens (tertiary/aromatic N) is 1. The topological polar surface area (TPSA) is 12.9 Å². The van der Waals surface area contributed by atoms with E-state index < -0.39 is 0 Å². The van der Waals surface area contributed by atoms with E-state index in [0.717, 1.165) is 5.69 Å². The SMILES string of the molecule is C[CH-]c1ccnc(C)c1.[Sm]. The fraction of sp³-hybridized carbons (Fsp3) is 0.250. The van der Waals surface area contributed by atoms with Crippen molar-refractivity contribution in [1.29, 1.82) is 0 Å².